The fourth-order valence-corrected chi connectivity index (χ4v) is 3.69. The average molecular weight is 315 g/mol. The summed E-state index contributed by atoms with van der Waals surface area (Å²) in [6.07, 6.45) is 4.32. The van der Waals surface area contributed by atoms with Crippen molar-refractivity contribution in [3.8, 4) is 0 Å². The van der Waals surface area contributed by atoms with Crippen LogP contribution in [0.4, 0.5) is 5.69 Å². The van der Waals surface area contributed by atoms with E-state index in [0.717, 1.165) is 44.9 Å². The molecule has 4 heteroatoms. The highest BCUT2D eigenvalue weighted by Crippen LogP contribution is 2.22. The van der Waals surface area contributed by atoms with Crippen molar-refractivity contribution in [2.24, 2.45) is 5.92 Å². The van der Waals surface area contributed by atoms with Gasteiger partial charge in [0.1, 0.15) is 0 Å². The minimum absolute atomic E-state index is 0.358. The number of benzene rings is 1. The largest absolute Gasteiger partial charge is 0.368 e. The molecule has 0 unspecified atom stereocenters. The van der Waals surface area contributed by atoms with Crippen LogP contribution in [0, 0.1) is 5.92 Å². The molecule has 2 aliphatic rings. The molecule has 3 rings (SSSR count). The standard InChI is InChI=1S/C19H29N3O/c1-20-11-9-17(10-12-20)7-8-19(23)22-15-13-21(14-16-22)18-5-3-2-4-6-18/h2-6,17H,7-16H2,1H3. The van der Waals surface area contributed by atoms with Crippen molar-refractivity contribution < 1.29 is 4.79 Å². The maximum Gasteiger partial charge on any atom is 0.222 e. The Bertz CT molecular complexity index is 489. The van der Waals surface area contributed by atoms with E-state index in [1.54, 1.807) is 0 Å². The maximum absolute atomic E-state index is 12.4. The molecule has 2 aliphatic heterocycles. The van der Waals surface area contributed by atoms with Crippen LogP contribution < -0.4 is 4.90 Å². The lowest BCUT2D eigenvalue weighted by Gasteiger charge is -2.36. The number of carbonyl (C=O) groups excluding carboxylic acids is 1. The zero-order chi connectivity index (χ0) is 16.1. The number of piperazine rings is 1. The van der Waals surface area contributed by atoms with Crippen molar-refractivity contribution in [1.29, 1.82) is 0 Å². The molecule has 126 valence electrons. The fourth-order valence-electron chi connectivity index (χ4n) is 3.69. The van der Waals surface area contributed by atoms with Crippen LogP contribution in [0.25, 0.3) is 0 Å². The molecule has 0 radical (unpaired) electrons. The highest BCUT2D eigenvalue weighted by Gasteiger charge is 2.23. The van der Waals surface area contributed by atoms with E-state index < -0.39 is 0 Å². The quantitative estimate of drug-likeness (QED) is 0.854. The predicted molar refractivity (Wildman–Crippen MR) is 94.7 cm³/mol. The summed E-state index contributed by atoms with van der Waals surface area (Å²) < 4.78 is 0. The van der Waals surface area contributed by atoms with Gasteiger partial charge in [-0.1, -0.05) is 18.2 Å². The van der Waals surface area contributed by atoms with Gasteiger partial charge in [0, 0.05) is 38.3 Å². The molecule has 0 bridgehead atoms. The number of amides is 1. The second-order valence-corrected chi connectivity index (χ2v) is 6.99. The molecule has 2 saturated heterocycles. The van der Waals surface area contributed by atoms with E-state index >= 15 is 0 Å². The molecular formula is C19H29N3O. The van der Waals surface area contributed by atoms with Crippen LogP contribution in [0.2, 0.25) is 0 Å². The minimum Gasteiger partial charge on any atom is -0.368 e. The van der Waals surface area contributed by atoms with Crippen molar-refractivity contribution in [2.75, 3.05) is 51.2 Å². The molecule has 1 amide bonds. The average Bonchev–Trinajstić information content (AvgIpc) is 2.62. The summed E-state index contributed by atoms with van der Waals surface area (Å²) >= 11 is 0. The second kappa shape index (κ2) is 7.82. The summed E-state index contributed by atoms with van der Waals surface area (Å²) in [6, 6.07) is 10.5. The summed E-state index contributed by atoms with van der Waals surface area (Å²) in [5.41, 5.74) is 1.27. The first-order valence-electron chi connectivity index (χ1n) is 8.98. The minimum atomic E-state index is 0.358. The number of rotatable bonds is 4. The number of piperidine rings is 1. The number of nitrogens with zero attached hydrogens (tertiary/aromatic N) is 3. The Morgan fingerprint density at radius 2 is 1.65 bits per heavy atom. The molecule has 1 aromatic carbocycles. The third-order valence-corrected chi connectivity index (χ3v) is 5.36. The number of hydrogen-bond donors (Lipinski definition) is 0. The first kappa shape index (κ1) is 16.3. The molecule has 0 N–H and O–H groups in total. The number of anilines is 1. The molecule has 0 saturated carbocycles. The Morgan fingerprint density at radius 1 is 1.00 bits per heavy atom. The van der Waals surface area contributed by atoms with Crippen LogP contribution in [0.15, 0.2) is 30.3 Å². The van der Waals surface area contributed by atoms with Crippen LogP contribution >= 0.6 is 0 Å². The SMILES string of the molecule is CN1CCC(CCC(=O)N2CCN(c3ccccc3)CC2)CC1. The van der Waals surface area contributed by atoms with Crippen molar-refractivity contribution in [2.45, 2.75) is 25.7 Å². The molecular weight excluding hydrogens is 286 g/mol. The Kier molecular flexibility index (Phi) is 5.55. The number of hydrogen-bond acceptors (Lipinski definition) is 3. The molecule has 0 aliphatic carbocycles. The summed E-state index contributed by atoms with van der Waals surface area (Å²) in [5, 5.41) is 0. The highest BCUT2D eigenvalue weighted by molar-refractivity contribution is 5.76. The van der Waals surface area contributed by atoms with Crippen LogP contribution in [0.5, 0.6) is 0 Å². The summed E-state index contributed by atoms with van der Waals surface area (Å²) in [7, 11) is 2.19. The molecule has 0 atom stereocenters. The molecule has 2 heterocycles. The van der Waals surface area contributed by atoms with Gasteiger partial charge in [0.25, 0.3) is 0 Å². The van der Waals surface area contributed by atoms with Crippen LogP contribution in [0.3, 0.4) is 0 Å². The lowest BCUT2D eigenvalue weighted by molar-refractivity contribution is -0.131. The number of likely N-dealkylation sites (tertiary alicyclic amines) is 1. The maximum atomic E-state index is 12.4. The van der Waals surface area contributed by atoms with E-state index in [4.69, 9.17) is 0 Å². The Hall–Kier alpha value is -1.55. The first-order valence-corrected chi connectivity index (χ1v) is 8.98. The molecule has 0 spiro atoms. The Balaban J connectivity index is 1.40. The molecule has 0 aromatic heterocycles. The Morgan fingerprint density at radius 3 is 2.30 bits per heavy atom. The van der Waals surface area contributed by atoms with Crippen LogP contribution in [-0.2, 0) is 4.79 Å². The van der Waals surface area contributed by atoms with Gasteiger partial charge >= 0.3 is 0 Å². The predicted octanol–water partition coefficient (Wildman–Crippen LogP) is 2.46. The summed E-state index contributed by atoms with van der Waals surface area (Å²) in [4.78, 5) is 19.3. The summed E-state index contributed by atoms with van der Waals surface area (Å²) in [5.74, 6) is 1.11. The third kappa shape index (κ3) is 4.47. The molecule has 4 nitrogen and oxygen atoms in total. The lowest BCUT2D eigenvalue weighted by atomic mass is 9.92. The van der Waals surface area contributed by atoms with Crippen LogP contribution in [-0.4, -0.2) is 62.0 Å². The van der Waals surface area contributed by atoms with E-state index in [2.05, 4.69) is 46.0 Å². The van der Waals surface area contributed by atoms with Crippen molar-refractivity contribution in [1.82, 2.24) is 9.80 Å². The van der Waals surface area contributed by atoms with Gasteiger partial charge in [-0.25, -0.2) is 0 Å². The van der Waals surface area contributed by atoms with Crippen LogP contribution in [0.1, 0.15) is 25.7 Å². The smallest absolute Gasteiger partial charge is 0.222 e. The zero-order valence-corrected chi connectivity index (χ0v) is 14.3. The number of para-hydroxylation sites is 1. The van der Waals surface area contributed by atoms with Gasteiger partial charge in [0.05, 0.1) is 0 Å². The third-order valence-electron chi connectivity index (χ3n) is 5.36. The van der Waals surface area contributed by atoms with Crippen molar-refractivity contribution in [3.05, 3.63) is 30.3 Å². The van der Waals surface area contributed by atoms with Gasteiger partial charge in [0.15, 0.2) is 0 Å². The molecule has 23 heavy (non-hydrogen) atoms. The first-order chi connectivity index (χ1) is 11.2. The zero-order valence-electron chi connectivity index (χ0n) is 14.3. The monoisotopic (exact) mass is 315 g/mol. The highest BCUT2D eigenvalue weighted by atomic mass is 16.2. The Labute approximate surface area is 140 Å². The van der Waals surface area contributed by atoms with Gasteiger partial charge in [-0.3, -0.25) is 4.79 Å². The normalized spacial score (nSPS) is 20.7. The van der Waals surface area contributed by atoms with Gasteiger partial charge in [-0.15, -0.1) is 0 Å². The van der Waals surface area contributed by atoms with E-state index in [1.165, 1.54) is 31.6 Å². The molecule has 2 fully saturated rings. The number of carbonyl (C=O) groups is 1. The van der Waals surface area contributed by atoms with Gasteiger partial charge in [0.2, 0.25) is 5.91 Å². The van der Waals surface area contributed by atoms with E-state index in [0.29, 0.717) is 5.91 Å². The topological polar surface area (TPSA) is 26.8 Å². The van der Waals surface area contributed by atoms with Gasteiger partial charge in [-0.05, 0) is 57.5 Å². The fraction of sp³-hybridized carbons (Fsp3) is 0.632. The van der Waals surface area contributed by atoms with E-state index in [1.807, 2.05) is 6.07 Å². The van der Waals surface area contributed by atoms with Gasteiger partial charge in [-0.2, -0.15) is 0 Å². The van der Waals surface area contributed by atoms with Crippen molar-refractivity contribution >= 4 is 11.6 Å². The van der Waals surface area contributed by atoms with Gasteiger partial charge < -0.3 is 14.7 Å². The second-order valence-electron chi connectivity index (χ2n) is 6.99. The summed E-state index contributed by atoms with van der Waals surface area (Å²) in [6.45, 7) is 6.00. The lowest BCUT2D eigenvalue weighted by Crippen LogP contribution is -2.48. The van der Waals surface area contributed by atoms with Crippen molar-refractivity contribution in [3.63, 3.8) is 0 Å². The van der Waals surface area contributed by atoms with E-state index in [9.17, 15) is 4.79 Å². The van der Waals surface area contributed by atoms with E-state index in [-0.39, 0.29) is 0 Å². The molecule has 1 aromatic rings.